The molecule has 0 saturated carbocycles. The number of ether oxygens (including phenoxy) is 1. The standard InChI is InChI=1S/C16H17ClFNO/c1-11-6-7-16(12(8-11)9-19-2)20-10-13-14(17)4-3-5-15(13)18/h3-8,19H,9-10H2,1-2H3. The topological polar surface area (TPSA) is 21.3 Å². The molecule has 0 amide bonds. The van der Waals surface area contributed by atoms with Gasteiger partial charge in [0.25, 0.3) is 0 Å². The van der Waals surface area contributed by atoms with Crippen LogP contribution in [0, 0.1) is 12.7 Å². The fraction of sp³-hybridized carbons (Fsp3) is 0.250. The fourth-order valence-corrected chi connectivity index (χ4v) is 2.22. The van der Waals surface area contributed by atoms with Crippen LogP contribution >= 0.6 is 11.6 Å². The molecule has 0 unspecified atom stereocenters. The molecule has 0 aliphatic rings. The summed E-state index contributed by atoms with van der Waals surface area (Å²) in [5.41, 5.74) is 2.58. The lowest BCUT2D eigenvalue weighted by Gasteiger charge is -2.13. The summed E-state index contributed by atoms with van der Waals surface area (Å²) in [5, 5.41) is 3.47. The number of hydrogen-bond donors (Lipinski definition) is 1. The van der Waals surface area contributed by atoms with Gasteiger partial charge in [0.15, 0.2) is 0 Å². The van der Waals surface area contributed by atoms with Crippen LogP contribution in [0.1, 0.15) is 16.7 Å². The normalized spacial score (nSPS) is 10.6. The van der Waals surface area contributed by atoms with Crippen molar-refractivity contribution in [2.45, 2.75) is 20.1 Å². The predicted octanol–water partition coefficient (Wildman–Crippen LogP) is 4.09. The summed E-state index contributed by atoms with van der Waals surface area (Å²) in [4.78, 5) is 0. The second-order valence-corrected chi connectivity index (χ2v) is 5.04. The molecular weight excluding hydrogens is 277 g/mol. The number of benzene rings is 2. The zero-order valence-corrected chi connectivity index (χ0v) is 12.3. The molecule has 2 aromatic rings. The summed E-state index contributed by atoms with van der Waals surface area (Å²) in [6, 6.07) is 10.5. The molecule has 0 radical (unpaired) electrons. The maximum absolute atomic E-state index is 13.7. The van der Waals surface area contributed by atoms with Crippen LogP contribution in [-0.4, -0.2) is 7.05 Å². The Balaban J connectivity index is 2.18. The van der Waals surface area contributed by atoms with Gasteiger partial charge < -0.3 is 10.1 Å². The molecule has 1 N–H and O–H groups in total. The molecule has 2 aromatic carbocycles. The van der Waals surface area contributed by atoms with Crippen LogP contribution < -0.4 is 10.1 Å². The molecule has 0 bridgehead atoms. The molecule has 2 nitrogen and oxygen atoms in total. The largest absolute Gasteiger partial charge is 0.488 e. The Morgan fingerprint density at radius 1 is 1.25 bits per heavy atom. The highest BCUT2D eigenvalue weighted by Crippen LogP contribution is 2.24. The van der Waals surface area contributed by atoms with E-state index in [1.165, 1.54) is 6.07 Å². The molecule has 0 aromatic heterocycles. The fourth-order valence-electron chi connectivity index (χ4n) is 2.00. The summed E-state index contributed by atoms with van der Waals surface area (Å²) >= 11 is 5.99. The molecule has 4 heteroatoms. The Hall–Kier alpha value is -1.58. The molecule has 0 spiro atoms. The second-order valence-electron chi connectivity index (χ2n) is 4.63. The van der Waals surface area contributed by atoms with Gasteiger partial charge >= 0.3 is 0 Å². The van der Waals surface area contributed by atoms with Crippen LogP contribution in [0.2, 0.25) is 5.02 Å². The van der Waals surface area contributed by atoms with E-state index < -0.39 is 0 Å². The SMILES string of the molecule is CNCc1cc(C)ccc1OCc1c(F)cccc1Cl. The van der Waals surface area contributed by atoms with Crippen molar-refractivity contribution in [3.63, 3.8) is 0 Å². The van der Waals surface area contributed by atoms with Gasteiger partial charge in [0.2, 0.25) is 0 Å². The van der Waals surface area contributed by atoms with Crippen LogP contribution in [-0.2, 0) is 13.2 Å². The lowest BCUT2D eigenvalue weighted by Crippen LogP contribution is -2.08. The Labute approximate surface area is 123 Å². The first-order valence-corrected chi connectivity index (χ1v) is 6.79. The summed E-state index contributed by atoms with van der Waals surface area (Å²) < 4.78 is 19.4. The third kappa shape index (κ3) is 3.50. The van der Waals surface area contributed by atoms with Crippen molar-refractivity contribution in [3.05, 3.63) is 63.9 Å². The van der Waals surface area contributed by atoms with Crippen molar-refractivity contribution < 1.29 is 9.13 Å². The van der Waals surface area contributed by atoms with Crippen LogP contribution in [0.25, 0.3) is 0 Å². The minimum Gasteiger partial charge on any atom is -0.488 e. The Morgan fingerprint density at radius 2 is 2.05 bits per heavy atom. The van der Waals surface area contributed by atoms with E-state index in [1.54, 1.807) is 12.1 Å². The summed E-state index contributed by atoms with van der Waals surface area (Å²) in [6.45, 7) is 2.84. The van der Waals surface area contributed by atoms with Crippen molar-refractivity contribution in [1.82, 2.24) is 5.32 Å². The Kier molecular flexibility index (Phi) is 4.99. The minimum absolute atomic E-state index is 0.116. The third-order valence-corrected chi connectivity index (χ3v) is 3.37. The maximum Gasteiger partial charge on any atom is 0.131 e. The zero-order valence-electron chi connectivity index (χ0n) is 11.5. The molecule has 0 heterocycles. The van der Waals surface area contributed by atoms with E-state index in [0.29, 0.717) is 17.1 Å². The smallest absolute Gasteiger partial charge is 0.131 e. The first kappa shape index (κ1) is 14.8. The van der Waals surface area contributed by atoms with Crippen molar-refractivity contribution in [3.8, 4) is 5.75 Å². The molecule has 20 heavy (non-hydrogen) atoms. The summed E-state index contributed by atoms with van der Waals surface area (Å²) in [7, 11) is 1.87. The van der Waals surface area contributed by atoms with Gasteiger partial charge in [-0.3, -0.25) is 0 Å². The van der Waals surface area contributed by atoms with Crippen molar-refractivity contribution in [2.24, 2.45) is 0 Å². The average Bonchev–Trinajstić information content (AvgIpc) is 2.40. The molecule has 0 atom stereocenters. The van der Waals surface area contributed by atoms with Crippen LogP contribution in [0.15, 0.2) is 36.4 Å². The van der Waals surface area contributed by atoms with E-state index in [9.17, 15) is 4.39 Å². The van der Waals surface area contributed by atoms with Crippen molar-refractivity contribution in [1.29, 1.82) is 0 Å². The van der Waals surface area contributed by atoms with Gasteiger partial charge in [0.05, 0.1) is 5.02 Å². The lowest BCUT2D eigenvalue weighted by molar-refractivity contribution is 0.296. The van der Waals surface area contributed by atoms with Gasteiger partial charge in [-0.2, -0.15) is 0 Å². The number of nitrogens with one attached hydrogen (secondary N) is 1. The molecule has 0 aliphatic heterocycles. The Bertz CT molecular complexity index is 581. The van der Waals surface area contributed by atoms with E-state index in [1.807, 2.05) is 26.1 Å². The maximum atomic E-state index is 13.7. The number of aryl methyl sites for hydroxylation is 1. The summed E-state index contributed by atoms with van der Waals surface area (Å²) in [6.07, 6.45) is 0. The van der Waals surface area contributed by atoms with Gasteiger partial charge in [-0.15, -0.1) is 0 Å². The molecule has 2 rings (SSSR count). The van der Waals surface area contributed by atoms with E-state index in [0.717, 1.165) is 16.9 Å². The Morgan fingerprint density at radius 3 is 2.75 bits per heavy atom. The quantitative estimate of drug-likeness (QED) is 0.896. The third-order valence-electron chi connectivity index (χ3n) is 3.02. The van der Waals surface area contributed by atoms with E-state index in [2.05, 4.69) is 11.4 Å². The van der Waals surface area contributed by atoms with Gasteiger partial charge in [-0.25, -0.2) is 4.39 Å². The van der Waals surface area contributed by atoms with E-state index in [4.69, 9.17) is 16.3 Å². The number of hydrogen-bond acceptors (Lipinski definition) is 2. The second kappa shape index (κ2) is 6.73. The van der Waals surface area contributed by atoms with Crippen molar-refractivity contribution >= 4 is 11.6 Å². The highest BCUT2D eigenvalue weighted by atomic mass is 35.5. The van der Waals surface area contributed by atoms with Crippen LogP contribution in [0.3, 0.4) is 0 Å². The van der Waals surface area contributed by atoms with Crippen molar-refractivity contribution in [2.75, 3.05) is 7.05 Å². The van der Waals surface area contributed by atoms with Gasteiger partial charge in [-0.1, -0.05) is 35.4 Å². The molecular formula is C16H17ClFNO. The molecule has 0 saturated heterocycles. The predicted molar refractivity (Wildman–Crippen MR) is 79.7 cm³/mol. The van der Waals surface area contributed by atoms with E-state index >= 15 is 0 Å². The van der Waals surface area contributed by atoms with Crippen LogP contribution in [0.4, 0.5) is 4.39 Å². The van der Waals surface area contributed by atoms with Gasteiger partial charge in [0.1, 0.15) is 18.2 Å². The first-order chi connectivity index (χ1) is 9.61. The average molecular weight is 294 g/mol. The molecule has 0 aliphatic carbocycles. The zero-order chi connectivity index (χ0) is 14.5. The molecule has 0 fully saturated rings. The first-order valence-electron chi connectivity index (χ1n) is 6.41. The van der Waals surface area contributed by atoms with Crippen LogP contribution in [0.5, 0.6) is 5.75 Å². The van der Waals surface area contributed by atoms with Gasteiger partial charge in [-0.05, 0) is 32.2 Å². The highest BCUT2D eigenvalue weighted by molar-refractivity contribution is 6.31. The van der Waals surface area contributed by atoms with E-state index in [-0.39, 0.29) is 12.4 Å². The summed E-state index contributed by atoms with van der Waals surface area (Å²) in [5.74, 6) is 0.393. The number of halogens is 2. The lowest BCUT2D eigenvalue weighted by atomic mass is 10.1. The number of rotatable bonds is 5. The minimum atomic E-state index is -0.347. The monoisotopic (exact) mass is 293 g/mol. The van der Waals surface area contributed by atoms with Gasteiger partial charge in [0, 0.05) is 17.7 Å². The highest BCUT2D eigenvalue weighted by Gasteiger charge is 2.09. The molecule has 106 valence electrons.